The van der Waals surface area contributed by atoms with Gasteiger partial charge in [-0.25, -0.2) is 4.98 Å². The maximum Gasteiger partial charge on any atom is 0.128 e. The Bertz CT molecular complexity index is 522. The van der Waals surface area contributed by atoms with Crippen LogP contribution in [0.25, 0.3) is 11.3 Å². The van der Waals surface area contributed by atoms with Crippen molar-refractivity contribution in [2.45, 2.75) is 19.8 Å². The molecule has 0 unspecified atom stereocenters. The van der Waals surface area contributed by atoms with E-state index in [1.165, 1.54) is 5.56 Å². The van der Waals surface area contributed by atoms with Gasteiger partial charge in [0.2, 0.25) is 0 Å². The molecule has 0 saturated carbocycles. The van der Waals surface area contributed by atoms with E-state index in [2.05, 4.69) is 29.4 Å². The zero-order chi connectivity index (χ0) is 13.0. The lowest BCUT2D eigenvalue weighted by Gasteiger charge is -2.08. The van der Waals surface area contributed by atoms with E-state index in [1.807, 2.05) is 6.07 Å². The Morgan fingerprint density at radius 3 is 2.89 bits per heavy atom. The van der Waals surface area contributed by atoms with Gasteiger partial charge in [-0.15, -0.1) is 11.3 Å². The first-order valence-corrected chi connectivity index (χ1v) is 6.98. The molecule has 2 aromatic rings. The maximum atomic E-state index is 5.55. The lowest BCUT2D eigenvalue weighted by Crippen LogP contribution is -2.02. The molecule has 0 aliphatic rings. The number of rotatable bonds is 5. The first-order valence-electron chi connectivity index (χ1n) is 6.10. The monoisotopic (exact) mass is 262 g/mol. The Morgan fingerprint density at radius 1 is 1.39 bits per heavy atom. The van der Waals surface area contributed by atoms with Crippen LogP contribution in [0.1, 0.15) is 17.5 Å². The summed E-state index contributed by atoms with van der Waals surface area (Å²) < 4.78 is 5.41. The zero-order valence-corrected chi connectivity index (χ0v) is 11.6. The number of ether oxygens (including phenoxy) is 1. The number of methoxy groups -OCH3 is 1. The van der Waals surface area contributed by atoms with Crippen molar-refractivity contribution < 1.29 is 4.74 Å². The van der Waals surface area contributed by atoms with Crippen LogP contribution in [0, 0.1) is 0 Å². The standard InChI is InChI=1S/C14H18N2OS/c1-3-10-4-5-13(17-2)11(8-10)12-9-18-14(16-12)6-7-15/h4-5,8-9H,3,6-7,15H2,1-2H3. The van der Waals surface area contributed by atoms with Gasteiger partial charge in [0.15, 0.2) is 0 Å². The van der Waals surface area contributed by atoms with Crippen molar-refractivity contribution in [3.8, 4) is 17.0 Å². The Labute approximate surface area is 112 Å². The fourth-order valence-corrected chi connectivity index (χ4v) is 2.66. The molecule has 0 spiro atoms. The molecule has 3 nitrogen and oxygen atoms in total. The molecule has 4 heteroatoms. The second kappa shape index (κ2) is 5.98. The summed E-state index contributed by atoms with van der Waals surface area (Å²) in [5.41, 5.74) is 8.89. The predicted octanol–water partition coefficient (Wildman–Crippen LogP) is 2.88. The van der Waals surface area contributed by atoms with Crippen molar-refractivity contribution in [3.05, 3.63) is 34.2 Å². The van der Waals surface area contributed by atoms with Crippen LogP contribution in [0.4, 0.5) is 0 Å². The topological polar surface area (TPSA) is 48.1 Å². The normalized spacial score (nSPS) is 10.6. The third-order valence-corrected chi connectivity index (χ3v) is 3.77. The highest BCUT2D eigenvalue weighted by Crippen LogP contribution is 2.31. The van der Waals surface area contributed by atoms with Crippen molar-refractivity contribution in [2.24, 2.45) is 5.73 Å². The van der Waals surface area contributed by atoms with E-state index in [9.17, 15) is 0 Å². The minimum Gasteiger partial charge on any atom is -0.496 e. The Balaban J connectivity index is 2.40. The molecule has 0 radical (unpaired) electrons. The van der Waals surface area contributed by atoms with Gasteiger partial charge in [-0.05, 0) is 30.7 Å². The number of hydrogen-bond donors (Lipinski definition) is 1. The molecule has 1 aromatic heterocycles. The van der Waals surface area contributed by atoms with Gasteiger partial charge in [0.05, 0.1) is 17.8 Å². The molecule has 0 fully saturated rings. The first kappa shape index (κ1) is 13.1. The second-order valence-corrected chi connectivity index (χ2v) is 5.00. The summed E-state index contributed by atoms with van der Waals surface area (Å²) in [4.78, 5) is 4.61. The lowest BCUT2D eigenvalue weighted by atomic mass is 10.1. The van der Waals surface area contributed by atoms with Gasteiger partial charge in [-0.1, -0.05) is 13.0 Å². The van der Waals surface area contributed by atoms with E-state index >= 15 is 0 Å². The van der Waals surface area contributed by atoms with E-state index in [0.717, 1.165) is 34.9 Å². The number of nitrogens with zero attached hydrogens (tertiary/aromatic N) is 1. The Hall–Kier alpha value is -1.39. The smallest absolute Gasteiger partial charge is 0.128 e. The van der Waals surface area contributed by atoms with Gasteiger partial charge in [0, 0.05) is 17.4 Å². The van der Waals surface area contributed by atoms with Crippen LogP contribution in [0.5, 0.6) is 5.75 Å². The third-order valence-electron chi connectivity index (χ3n) is 2.86. The number of nitrogens with two attached hydrogens (primary N) is 1. The summed E-state index contributed by atoms with van der Waals surface area (Å²) in [6.45, 7) is 2.78. The number of benzene rings is 1. The quantitative estimate of drug-likeness (QED) is 0.901. The SMILES string of the molecule is CCc1ccc(OC)c(-c2csc(CCN)n2)c1. The van der Waals surface area contributed by atoms with Crippen molar-refractivity contribution in [1.29, 1.82) is 0 Å². The summed E-state index contributed by atoms with van der Waals surface area (Å²) in [6.07, 6.45) is 1.84. The highest BCUT2D eigenvalue weighted by molar-refractivity contribution is 7.09. The number of thiazole rings is 1. The number of hydrogen-bond acceptors (Lipinski definition) is 4. The second-order valence-electron chi connectivity index (χ2n) is 4.05. The highest BCUT2D eigenvalue weighted by Gasteiger charge is 2.10. The maximum absolute atomic E-state index is 5.55. The molecular weight excluding hydrogens is 244 g/mol. The molecule has 2 rings (SSSR count). The van der Waals surface area contributed by atoms with Gasteiger partial charge in [0.25, 0.3) is 0 Å². The molecule has 2 N–H and O–H groups in total. The molecule has 1 aromatic carbocycles. The van der Waals surface area contributed by atoms with Crippen molar-refractivity contribution in [1.82, 2.24) is 4.98 Å². The molecule has 96 valence electrons. The Kier molecular flexibility index (Phi) is 4.33. The molecular formula is C14H18N2OS. The summed E-state index contributed by atoms with van der Waals surface area (Å²) in [5.74, 6) is 0.872. The summed E-state index contributed by atoms with van der Waals surface area (Å²) in [6, 6.07) is 6.26. The lowest BCUT2D eigenvalue weighted by molar-refractivity contribution is 0.416. The predicted molar refractivity (Wildman–Crippen MR) is 76.2 cm³/mol. The van der Waals surface area contributed by atoms with E-state index < -0.39 is 0 Å². The van der Waals surface area contributed by atoms with E-state index in [4.69, 9.17) is 10.5 Å². The summed E-state index contributed by atoms with van der Waals surface area (Å²) in [5, 5.41) is 3.15. The molecule has 0 amide bonds. The molecule has 0 aliphatic heterocycles. The average molecular weight is 262 g/mol. The van der Waals surface area contributed by atoms with Crippen LogP contribution in [0.2, 0.25) is 0 Å². The van der Waals surface area contributed by atoms with E-state index in [-0.39, 0.29) is 0 Å². The van der Waals surface area contributed by atoms with Crippen molar-refractivity contribution in [2.75, 3.05) is 13.7 Å². The van der Waals surface area contributed by atoms with Crippen LogP contribution in [-0.2, 0) is 12.8 Å². The third kappa shape index (κ3) is 2.71. The van der Waals surface area contributed by atoms with Crippen LogP contribution in [-0.4, -0.2) is 18.6 Å². The van der Waals surface area contributed by atoms with Crippen molar-refractivity contribution >= 4 is 11.3 Å². The molecule has 18 heavy (non-hydrogen) atoms. The highest BCUT2D eigenvalue weighted by atomic mass is 32.1. The fraction of sp³-hybridized carbons (Fsp3) is 0.357. The van der Waals surface area contributed by atoms with Gasteiger partial charge < -0.3 is 10.5 Å². The first-order chi connectivity index (χ1) is 8.78. The number of aryl methyl sites for hydroxylation is 1. The van der Waals surface area contributed by atoms with Crippen LogP contribution in [0.3, 0.4) is 0 Å². The molecule has 1 heterocycles. The number of aromatic nitrogens is 1. The molecule has 0 aliphatic carbocycles. The van der Waals surface area contributed by atoms with Crippen LogP contribution in [0.15, 0.2) is 23.6 Å². The van der Waals surface area contributed by atoms with Gasteiger partial charge in [-0.2, -0.15) is 0 Å². The Morgan fingerprint density at radius 2 is 2.22 bits per heavy atom. The van der Waals surface area contributed by atoms with Gasteiger partial charge >= 0.3 is 0 Å². The zero-order valence-electron chi connectivity index (χ0n) is 10.8. The van der Waals surface area contributed by atoms with E-state index in [1.54, 1.807) is 18.4 Å². The van der Waals surface area contributed by atoms with Crippen LogP contribution >= 0.6 is 11.3 Å². The van der Waals surface area contributed by atoms with Gasteiger partial charge in [0.1, 0.15) is 5.75 Å². The molecule has 0 saturated heterocycles. The molecule has 0 bridgehead atoms. The summed E-state index contributed by atoms with van der Waals surface area (Å²) in [7, 11) is 1.69. The molecule has 0 atom stereocenters. The van der Waals surface area contributed by atoms with Crippen LogP contribution < -0.4 is 10.5 Å². The largest absolute Gasteiger partial charge is 0.496 e. The minimum atomic E-state index is 0.638. The fourth-order valence-electron chi connectivity index (χ4n) is 1.85. The van der Waals surface area contributed by atoms with Gasteiger partial charge in [-0.3, -0.25) is 0 Å². The summed E-state index contributed by atoms with van der Waals surface area (Å²) >= 11 is 1.65. The average Bonchev–Trinajstić information content (AvgIpc) is 2.87. The van der Waals surface area contributed by atoms with Crippen molar-refractivity contribution in [3.63, 3.8) is 0 Å². The minimum absolute atomic E-state index is 0.638. The van der Waals surface area contributed by atoms with E-state index in [0.29, 0.717) is 6.54 Å².